The number of aromatic nitrogens is 3. The molecule has 1 unspecified atom stereocenters. The summed E-state index contributed by atoms with van der Waals surface area (Å²) in [6.07, 6.45) is 4.96. The van der Waals surface area contributed by atoms with Crippen LogP contribution >= 0.6 is 35.3 Å². The molecule has 0 amide bonds. The van der Waals surface area contributed by atoms with Crippen molar-refractivity contribution in [3.8, 4) is 0 Å². The predicted molar refractivity (Wildman–Crippen MR) is 123 cm³/mol. The number of guanidine groups is 1. The van der Waals surface area contributed by atoms with Gasteiger partial charge in [0.2, 0.25) is 0 Å². The van der Waals surface area contributed by atoms with E-state index in [0.29, 0.717) is 5.92 Å². The number of thiophene rings is 1. The highest BCUT2D eigenvalue weighted by Gasteiger charge is 2.07. The number of rotatable bonds is 8. The molecule has 0 spiro atoms. The monoisotopic (exact) mass is 498 g/mol. The van der Waals surface area contributed by atoms with Crippen LogP contribution < -0.4 is 10.6 Å². The molecule has 8 heteroatoms. The standard InChI is InChI=1S/C19H26N6S.HI/c1-15(13-16-7-6-12-26-16)14-22-19(20-2)21-10-5-9-18-24-23-17-8-3-4-11-25(17)18;/h3-4,6-8,11-12,15H,5,9-10,13-14H2,1-2H3,(H2,20,21,22);1H. The zero-order valence-electron chi connectivity index (χ0n) is 15.8. The van der Waals surface area contributed by atoms with E-state index < -0.39 is 0 Å². The Morgan fingerprint density at radius 2 is 2.11 bits per heavy atom. The third kappa shape index (κ3) is 6.46. The molecule has 0 aliphatic rings. The maximum absolute atomic E-state index is 4.31. The zero-order valence-corrected chi connectivity index (χ0v) is 18.9. The first kappa shape index (κ1) is 21.6. The summed E-state index contributed by atoms with van der Waals surface area (Å²) in [4.78, 5) is 5.74. The van der Waals surface area contributed by atoms with E-state index in [1.807, 2.05) is 47.2 Å². The molecule has 0 aromatic carbocycles. The summed E-state index contributed by atoms with van der Waals surface area (Å²) in [6.45, 7) is 4.02. The number of hydrogen-bond acceptors (Lipinski definition) is 4. The number of nitrogens with zero attached hydrogens (tertiary/aromatic N) is 4. The van der Waals surface area contributed by atoms with Crippen LogP contribution in [0.2, 0.25) is 0 Å². The van der Waals surface area contributed by atoms with Crippen molar-refractivity contribution in [2.45, 2.75) is 26.2 Å². The molecule has 1 atom stereocenters. The van der Waals surface area contributed by atoms with Crippen LogP contribution in [0.5, 0.6) is 0 Å². The van der Waals surface area contributed by atoms with Gasteiger partial charge >= 0.3 is 0 Å². The van der Waals surface area contributed by atoms with Gasteiger partial charge in [-0.1, -0.05) is 19.1 Å². The Kier molecular flexibility index (Phi) is 8.99. The van der Waals surface area contributed by atoms with Gasteiger partial charge in [0, 0.05) is 37.6 Å². The number of nitrogens with one attached hydrogen (secondary N) is 2. The van der Waals surface area contributed by atoms with Crippen molar-refractivity contribution in [2.24, 2.45) is 10.9 Å². The number of fused-ring (bicyclic) bond motifs is 1. The second-order valence-corrected chi connectivity index (χ2v) is 7.45. The smallest absolute Gasteiger partial charge is 0.190 e. The van der Waals surface area contributed by atoms with Crippen LogP contribution in [0.25, 0.3) is 5.65 Å². The molecular weight excluding hydrogens is 471 g/mol. The molecule has 0 saturated heterocycles. The molecular formula is C19H27IN6S. The van der Waals surface area contributed by atoms with E-state index in [1.54, 1.807) is 0 Å². The molecule has 0 aliphatic heterocycles. The second kappa shape index (κ2) is 11.2. The lowest BCUT2D eigenvalue weighted by molar-refractivity contribution is 0.561. The first-order valence-corrected chi connectivity index (χ1v) is 9.90. The van der Waals surface area contributed by atoms with Gasteiger partial charge in [-0.3, -0.25) is 9.39 Å². The van der Waals surface area contributed by atoms with Crippen molar-refractivity contribution >= 4 is 46.9 Å². The van der Waals surface area contributed by atoms with Gasteiger partial charge in [-0.15, -0.1) is 45.5 Å². The summed E-state index contributed by atoms with van der Waals surface area (Å²) in [7, 11) is 1.81. The minimum atomic E-state index is 0. The van der Waals surface area contributed by atoms with E-state index in [0.717, 1.165) is 49.8 Å². The van der Waals surface area contributed by atoms with E-state index >= 15 is 0 Å². The largest absolute Gasteiger partial charge is 0.356 e. The molecule has 0 aliphatic carbocycles. The Bertz CT molecular complexity index is 830. The number of pyridine rings is 1. The van der Waals surface area contributed by atoms with Crippen molar-refractivity contribution in [3.63, 3.8) is 0 Å². The summed E-state index contributed by atoms with van der Waals surface area (Å²) in [6, 6.07) is 10.3. The van der Waals surface area contributed by atoms with E-state index in [9.17, 15) is 0 Å². The average Bonchev–Trinajstić information content (AvgIpc) is 3.31. The number of hydrogen-bond donors (Lipinski definition) is 2. The molecule has 0 bridgehead atoms. The highest BCUT2D eigenvalue weighted by atomic mass is 127. The second-order valence-electron chi connectivity index (χ2n) is 6.42. The van der Waals surface area contributed by atoms with Crippen LogP contribution in [0.4, 0.5) is 0 Å². The maximum Gasteiger partial charge on any atom is 0.190 e. The molecule has 0 saturated carbocycles. The minimum absolute atomic E-state index is 0. The van der Waals surface area contributed by atoms with Crippen LogP contribution in [0.15, 0.2) is 46.9 Å². The first-order valence-electron chi connectivity index (χ1n) is 9.02. The molecule has 0 radical (unpaired) electrons. The van der Waals surface area contributed by atoms with Crippen molar-refractivity contribution in [3.05, 3.63) is 52.6 Å². The fourth-order valence-corrected chi connectivity index (χ4v) is 3.72. The molecule has 3 heterocycles. The quantitative estimate of drug-likeness (QED) is 0.216. The SMILES string of the molecule is CN=C(NCCCc1nnc2ccccn12)NCC(C)Cc1cccs1.I. The normalized spacial score (nSPS) is 12.6. The zero-order chi connectivity index (χ0) is 18.2. The van der Waals surface area contributed by atoms with Crippen LogP contribution in [-0.4, -0.2) is 40.7 Å². The van der Waals surface area contributed by atoms with Crippen LogP contribution in [0.3, 0.4) is 0 Å². The Hall–Kier alpha value is -1.68. The summed E-state index contributed by atoms with van der Waals surface area (Å²) in [5.74, 6) is 2.42. The number of halogens is 1. The molecule has 0 fully saturated rings. The topological polar surface area (TPSA) is 66.6 Å². The van der Waals surface area contributed by atoms with Gasteiger partial charge in [0.25, 0.3) is 0 Å². The van der Waals surface area contributed by atoms with Crippen LogP contribution in [0.1, 0.15) is 24.0 Å². The van der Waals surface area contributed by atoms with Gasteiger partial charge in [0.1, 0.15) is 5.82 Å². The lowest BCUT2D eigenvalue weighted by Gasteiger charge is -2.15. The van der Waals surface area contributed by atoms with Crippen molar-refractivity contribution < 1.29 is 0 Å². The predicted octanol–water partition coefficient (Wildman–Crippen LogP) is 3.39. The Balaban J connectivity index is 0.00000261. The van der Waals surface area contributed by atoms with Gasteiger partial charge < -0.3 is 10.6 Å². The third-order valence-corrected chi connectivity index (χ3v) is 5.12. The van der Waals surface area contributed by atoms with E-state index in [1.165, 1.54) is 4.88 Å². The van der Waals surface area contributed by atoms with E-state index in [-0.39, 0.29) is 24.0 Å². The molecule has 146 valence electrons. The van der Waals surface area contributed by atoms with Gasteiger partial charge in [0.05, 0.1) is 0 Å². The summed E-state index contributed by atoms with van der Waals surface area (Å²) in [5.41, 5.74) is 0.896. The number of aryl methyl sites for hydroxylation is 1. The number of aliphatic imine (C=N–C) groups is 1. The molecule has 27 heavy (non-hydrogen) atoms. The summed E-state index contributed by atoms with van der Waals surface area (Å²) < 4.78 is 2.04. The average molecular weight is 498 g/mol. The molecule has 3 aromatic rings. The van der Waals surface area contributed by atoms with Crippen LogP contribution in [0, 0.1) is 5.92 Å². The van der Waals surface area contributed by atoms with Crippen molar-refractivity contribution in [1.29, 1.82) is 0 Å². The maximum atomic E-state index is 4.31. The van der Waals surface area contributed by atoms with Crippen LogP contribution in [-0.2, 0) is 12.8 Å². The van der Waals surface area contributed by atoms with Gasteiger partial charge in [-0.05, 0) is 42.3 Å². The van der Waals surface area contributed by atoms with Gasteiger partial charge in [-0.25, -0.2) is 0 Å². The Morgan fingerprint density at radius 1 is 1.22 bits per heavy atom. The molecule has 2 N–H and O–H groups in total. The van der Waals surface area contributed by atoms with Gasteiger partial charge in [-0.2, -0.15) is 0 Å². The molecule has 3 aromatic heterocycles. The first-order chi connectivity index (χ1) is 12.8. The third-order valence-electron chi connectivity index (χ3n) is 4.23. The Morgan fingerprint density at radius 3 is 2.89 bits per heavy atom. The fourth-order valence-electron chi connectivity index (χ4n) is 2.85. The Labute approximate surface area is 181 Å². The lowest BCUT2D eigenvalue weighted by Crippen LogP contribution is -2.40. The van der Waals surface area contributed by atoms with E-state index in [2.05, 4.69) is 50.3 Å². The summed E-state index contributed by atoms with van der Waals surface area (Å²) >= 11 is 1.82. The lowest BCUT2D eigenvalue weighted by atomic mass is 10.1. The minimum Gasteiger partial charge on any atom is -0.356 e. The van der Waals surface area contributed by atoms with Crippen molar-refractivity contribution in [2.75, 3.05) is 20.1 Å². The molecule has 6 nitrogen and oxygen atoms in total. The highest BCUT2D eigenvalue weighted by molar-refractivity contribution is 14.0. The van der Waals surface area contributed by atoms with E-state index in [4.69, 9.17) is 0 Å². The summed E-state index contributed by atoms with van der Waals surface area (Å²) in [5, 5.41) is 17.4. The molecule has 3 rings (SSSR count). The van der Waals surface area contributed by atoms with Gasteiger partial charge in [0.15, 0.2) is 11.6 Å². The highest BCUT2D eigenvalue weighted by Crippen LogP contribution is 2.13. The fraction of sp³-hybridized carbons (Fsp3) is 0.421. The van der Waals surface area contributed by atoms with Crippen molar-refractivity contribution in [1.82, 2.24) is 25.2 Å².